The second-order valence-electron chi connectivity index (χ2n) is 26.1. The monoisotopic (exact) mass is 1360 g/mol. The fourth-order valence-electron chi connectivity index (χ4n) is 13.6. The molecule has 0 fully saturated rings. The number of primary amides is 1. The smallest absolute Gasteiger partial charge is 0.260 e. The SMILES string of the molecule is CCN(CC)c1ccc2c(c1)Oc1cc(N(CC)CC)ccc1C21c2ccccc2C(=O)N1c1ccc(/C=C/c2cc[n+](CCc3cn(CC(=O)NCCCOCCOCCOCCOCCOCCCNc4cc(-n5nc(C)c6c5CC(C)(C)CC6=O)ccc4C(N)=O)nn3)cc2)cc1. The van der Waals surface area contributed by atoms with Gasteiger partial charge in [-0.25, -0.2) is 13.9 Å². The lowest BCUT2D eigenvalue weighted by atomic mass is 9.74. The van der Waals surface area contributed by atoms with E-state index in [0.29, 0.717) is 139 Å². The molecular formula is C78H95N12O10+. The first-order valence-electron chi connectivity index (χ1n) is 35.1. The molecule has 100 heavy (non-hydrogen) atoms. The van der Waals surface area contributed by atoms with Gasteiger partial charge in [0.15, 0.2) is 24.7 Å². The van der Waals surface area contributed by atoms with E-state index in [9.17, 15) is 14.4 Å². The molecule has 3 aromatic heterocycles. The minimum Gasteiger partial charge on any atom is -0.456 e. The van der Waals surface area contributed by atoms with Crippen molar-refractivity contribution in [3.8, 4) is 17.2 Å². The molecule has 22 nitrogen and oxygen atoms in total. The van der Waals surface area contributed by atoms with E-state index in [0.717, 1.165) is 106 Å². The highest BCUT2D eigenvalue weighted by Gasteiger charge is 2.57. The van der Waals surface area contributed by atoms with Crippen molar-refractivity contribution in [3.63, 3.8) is 0 Å². The molecule has 3 amide bonds. The number of amides is 3. The predicted molar refractivity (Wildman–Crippen MR) is 387 cm³/mol. The second kappa shape index (κ2) is 33.5. The topological polar surface area (TPSA) is 236 Å². The summed E-state index contributed by atoms with van der Waals surface area (Å²) in [5.74, 6) is 0.840. The number of nitrogens with two attached hydrogens (primary N) is 1. The third-order valence-corrected chi connectivity index (χ3v) is 18.6. The Kier molecular flexibility index (Phi) is 24.0. The molecule has 0 unspecified atom stereocenters. The van der Waals surface area contributed by atoms with Gasteiger partial charge in [0, 0.05) is 134 Å². The third-order valence-electron chi connectivity index (χ3n) is 18.6. The first-order chi connectivity index (χ1) is 48.6. The number of ether oxygens (including phenoxy) is 6. The number of carbonyl (C=O) groups is 4. The number of aryl methyl sites for hydroxylation is 3. The largest absolute Gasteiger partial charge is 0.456 e. The summed E-state index contributed by atoms with van der Waals surface area (Å²) in [5, 5.41) is 19.5. The zero-order valence-electron chi connectivity index (χ0n) is 58.8. The van der Waals surface area contributed by atoms with E-state index >= 15 is 4.79 Å². The molecule has 2 aliphatic heterocycles. The normalized spacial score (nSPS) is 14.1. The maximum Gasteiger partial charge on any atom is 0.260 e. The Labute approximate surface area is 586 Å². The van der Waals surface area contributed by atoms with Crippen LogP contribution in [-0.2, 0) is 59.9 Å². The minimum absolute atomic E-state index is 0.0622. The molecule has 0 radical (unpaired) electrons. The number of benzene rings is 5. The second-order valence-corrected chi connectivity index (χ2v) is 26.1. The van der Waals surface area contributed by atoms with Crippen LogP contribution in [-0.4, -0.2) is 154 Å². The van der Waals surface area contributed by atoms with Crippen molar-refractivity contribution < 1.29 is 52.2 Å². The summed E-state index contributed by atoms with van der Waals surface area (Å²) in [7, 11) is 0. The van der Waals surface area contributed by atoms with Gasteiger partial charge < -0.3 is 54.6 Å². The molecule has 1 aliphatic carbocycles. The van der Waals surface area contributed by atoms with Crippen LogP contribution in [0.5, 0.6) is 11.5 Å². The number of carbonyl (C=O) groups excluding carboxylic acids is 4. The number of pyridine rings is 1. The van der Waals surface area contributed by atoms with Crippen molar-refractivity contribution in [1.29, 1.82) is 0 Å². The van der Waals surface area contributed by atoms with Crippen molar-refractivity contribution in [3.05, 3.63) is 195 Å². The number of anilines is 4. The summed E-state index contributed by atoms with van der Waals surface area (Å²) in [6, 6.07) is 38.7. The summed E-state index contributed by atoms with van der Waals surface area (Å²) in [4.78, 5) is 59.6. The Hall–Kier alpha value is -9.58. The quantitative estimate of drug-likeness (QED) is 0.0242. The molecule has 4 N–H and O–H groups in total. The van der Waals surface area contributed by atoms with Gasteiger partial charge in [0.1, 0.15) is 23.6 Å². The predicted octanol–water partition coefficient (Wildman–Crippen LogP) is 10.6. The lowest BCUT2D eigenvalue weighted by Crippen LogP contribution is -2.47. The Balaban J connectivity index is 0.538. The van der Waals surface area contributed by atoms with Crippen molar-refractivity contribution in [2.24, 2.45) is 11.1 Å². The van der Waals surface area contributed by atoms with Gasteiger partial charge in [-0.3, -0.25) is 24.1 Å². The van der Waals surface area contributed by atoms with E-state index in [-0.39, 0.29) is 29.6 Å². The third kappa shape index (κ3) is 16.7. The first-order valence-corrected chi connectivity index (χ1v) is 35.1. The summed E-state index contributed by atoms with van der Waals surface area (Å²) >= 11 is 0. The molecule has 1 spiro atoms. The van der Waals surface area contributed by atoms with E-state index in [1.54, 1.807) is 10.7 Å². The Morgan fingerprint density at radius 1 is 0.670 bits per heavy atom. The molecule has 3 aliphatic rings. The molecule has 0 saturated carbocycles. The van der Waals surface area contributed by atoms with Crippen LogP contribution in [0.3, 0.4) is 0 Å². The number of nitrogens with one attached hydrogen (secondary N) is 2. The molecule has 22 heteroatoms. The van der Waals surface area contributed by atoms with Gasteiger partial charge in [0.05, 0.1) is 93.2 Å². The van der Waals surface area contributed by atoms with Crippen LogP contribution in [0.1, 0.15) is 137 Å². The number of nitrogens with zero attached hydrogens (tertiary/aromatic N) is 9. The van der Waals surface area contributed by atoms with Crippen LogP contribution >= 0.6 is 0 Å². The number of hydrogen-bond donors (Lipinski definition) is 3. The number of rotatable bonds is 37. The lowest BCUT2D eigenvalue weighted by molar-refractivity contribution is -0.696. The highest BCUT2D eigenvalue weighted by molar-refractivity contribution is 6.14. The molecule has 526 valence electrons. The van der Waals surface area contributed by atoms with Crippen LogP contribution in [0.4, 0.5) is 22.7 Å². The van der Waals surface area contributed by atoms with E-state index in [1.165, 1.54) is 0 Å². The van der Waals surface area contributed by atoms with Crippen molar-refractivity contribution in [1.82, 2.24) is 30.1 Å². The number of fused-ring (bicyclic) bond motifs is 7. The highest BCUT2D eigenvalue weighted by atomic mass is 16.6. The Morgan fingerprint density at radius 3 is 1.84 bits per heavy atom. The highest BCUT2D eigenvalue weighted by Crippen LogP contribution is 2.59. The van der Waals surface area contributed by atoms with Crippen LogP contribution in [0.25, 0.3) is 17.8 Å². The molecule has 5 heterocycles. The minimum atomic E-state index is -0.988. The van der Waals surface area contributed by atoms with Crippen molar-refractivity contribution >= 4 is 58.4 Å². The maximum atomic E-state index is 15.0. The number of hydrogen-bond acceptors (Lipinski definition) is 16. The van der Waals surface area contributed by atoms with Gasteiger partial charge in [-0.15, -0.1) is 5.10 Å². The lowest BCUT2D eigenvalue weighted by Gasteiger charge is -2.44. The van der Waals surface area contributed by atoms with Crippen LogP contribution < -0.4 is 40.4 Å². The molecule has 0 saturated heterocycles. The van der Waals surface area contributed by atoms with E-state index in [4.69, 9.17) is 39.3 Å². The van der Waals surface area contributed by atoms with Gasteiger partial charge in [-0.1, -0.05) is 73.7 Å². The summed E-state index contributed by atoms with van der Waals surface area (Å²) in [6.45, 7) is 24.4. The number of aromatic nitrogens is 6. The van der Waals surface area contributed by atoms with Crippen LogP contribution in [0.2, 0.25) is 0 Å². The zero-order chi connectivity index (χ0) is 70.2. The van der Waals surface area contributed by atoms with Gasteiger partial charge in [0.2, 0.25) is 5.91 Å². The van der Waals surface area contributed by atoms with Crippen molar-refractivity contribution in [2.75, 3.05) is 125 Å². The van der Waals surface area contributed by atoms with E-state index < -0.39 is 11.4 Å². The average Bonchev–Trinajstić information content (AvgIpc) is 1.47. The van der Waals surface area contributed by atoms with Gasteiger partial charge in [-0.05, 0) is 119 Å². The fraction of sp³-hybridized carbons (Fsp3) is 0.410. The molecule has 11 rings (SSSR count). The van der Waals surface area contributed by atoms with Crippen LogP contribution in [0.15, 0.2) is 134 Å². The van der Waals surface area contributed by atoms with Gasteiger partial charge >= 0.3 is 0 Å². The van der Waals surface area contributed by atoms with Gasteiger partial charge in [0.25, 0.3) is 11.8 Å². The van der Waals surface area contributed by atoms with E-state index in [2.05, 4.69) is 156 Å². The molecular weight excluding hydrogens is 1260 g/mol. The first kappa shape index (κ1) is 71.7. The zero-order valence-corrected chi connectivity index (χ0v) is 58.8. The standard InChI is InChI=1S/C78H94N12O10/c1-8-86(9-2)60-25-28-66-71(49-60)100-72-50-61(87(10-3)11-4)26-29-67(72)78(66)65-17-13-12-16-63(65)76(94)89(78)59-22-20-56(21-23-59)18-19-57-30-35-85(36-31-57)37-32-58-53-88(84-82-58)54-73(92)81-34-15-39-96-41-43-98-45-47-99-46-44-97-42-40-95-38-14-33-80-68-48-62(24-27-64(68)75(79)93)90-69-51-77(6,7)52-70(91)74(69)55(5)83-90/h12-13,16-31,35-36,48-50,53H,8-11,14-15,32-34,37-47,51-52,54H2,1-7H3,(H3-,79,80,81,92,93)/p+1. The molecule has 0 bridgehead atoms. The molecule has 5 aromatic carbocycles. The average molecular weight is 1360 g/mol. The van der Waals surface area contributed by atoms with E-state index in [1.807, 2.05) is 77.6 Å². The summed E-state index contributed by atoms with van der Waals surface area (Å²) in [5.41, 5.74) is 17.8. The van der Waals surface area contributed by atoms with Crippen molar-refractivity contribution in [2.45, 2.75) is 99.2 Å². The summed E-state index contributed by atoms with van der Waals surface area (Å²) < 4.78 is 40.7. The Bertz CT molecular complexity index is 4100. The fourth-order valence-corrected chi connectivity index (χ4v) is 13.6. The number of Topliss-reactive ketones (excluding diaryl/α,β-unsaturated/α-hetero) is 1. The number of ketones is 1. The van der Waals surface area contributed by atoms with Gasteiger partial charge in [-0.2, -0.15) is 5.10 Å². The molecule has 8 aromatic rings. The van der Waals surface area contributed by atoms with Crippen LogP contribution in [0, 0.1) is 12.3 Å². The maximum absolute atomic E-state index is 15.0. The summed E-state index contributed by atoms with van der Waals surface area (Å²) in [6.07, 6.45) is 13.3. The molecule has 0 atom stereocenters. The Morgan fingerprint density at radius 2 is 1.24 bits per heavy atom.